The Morgan fingerprint density at radius 3 is 3.09 bits per heavy atom. The second kappa shape index (κ2) is 5.53. The number of nitrogens with zero attached hydrogens (tertiary/aromatic N) is 3. The minimum Gasteiger partial charge on any atom is -0.261 e. The minimum absolute atomic E-state index is 0.285. The first-order chi connectivity index (χ1) is 10.7. The molecule has 4 nitrogen and oxygen atoms in total. The van der Waals surface area contributed by atoms with Gasteiger partial charge in [-0.3, -0.25) is 5.10 Å². The van der Waals surface area contributed by atoms with Gasteiger partial charge in [-0.25, -0.2) is 13.7 Å². The molecule has 0 saturated carbocycles. The summed E-state index contributed by atoms with van der Waals surface area (Å²) in [6.45, 7) is 1.58. The van der Waals surface area contributed by atoms with Gasteiger partial charge in [-0.1, -0.05) is 11.6 Å². The zero-order valence-corrected chi connectivity index (χ0v) is 13.1. The lowest BCUT2D eigenvalue weighted by Crippen LogP contribution is -2.25. The van der Waals surface area contributed by atoms with Crippen LogP contribution in [0.25, 0.3) is 11.0 Å². The summed E-state index contributed by atoms with van der Waals surface area (Å²) < 4.78 is 16.1. The predicted molar refractivity (Wildman–Crippen MR) is 85.3 cm³/mol. The quantitative estimate of drug-likeness (QED) is 0.724. The summed E-state index contributed by atoms with van der Waals surface area (Å²) in [5, 5.41) is 8.44. The Morgan fingerprint density at radius 1 is 1.32 bits per heavy atom. The van der Waals surface area contributed by atoms with Crippen molar-refractivity contribution in [3.8, 4) is 0 Å². The molecule has 0 radical (unpaired) electrons. The number of nitrogens with one attached hydrogen (secondary N) is 1. The molecule has 1 N–H and O–H groups in total. The number of rotatable bonds is 2. The van der Waals surface area contributed by atoms with E-state index in [1.165, 1.54) is 29.1 Å². The van der Waals surface area contributed by atoms with Crippen LogP contribution >= 0.6 is 23.5 Å². The summed E-state index contributed by atoms with van der Waals surface area (Å²) in [7, 11) is 0. The van der Waals surface area contributed by atoms with Crippen LogP contribution < -0.4 is 0 Å². The molecule has 0 aliphatic carbocycles. The highest BCUT2D eigenvalue weighted by Crippen LogP contribution is 2.33. The number of benzene rings is 1. The lowest BCUT2D eigenvalue weighted by Gasteiger charge is -2.27. The normalized spacial score (nSPS) is 15.2. The van der Waals surface area contributed by atoms with Gasteiger partial charge in [0.1, 0.15) is 5.82 Å². The molecule has 0 unspecified atom stereocenters. The van der Waals surface area contributed by atoms with E-state index in [-0.39, 0.29) is 5.82 Å². The maximum absolute atomic E-state index is 13.9. The van der Waals surface area contributed by atoms with E-state index in [0.29, 0.717) is 9.92 Å². The van der Waals surface area contributed by atoms with Gasteiger partial charge >= 0.3 is 0 Å². The van der Waals surface area contributed by atoms with E-state index in [1.807, 2.05) is 12.4 Å². The first-order valence-electron chi connectivity index (χ1n) is 6.88. The molecule has 112 valence electrons. The molecule has 3 aromatic rings. The van der Waals surface area contributed by atoms with Crippen LogP contribution in [0.2, 0.25) is 5.02 Å². The van der Waals surface area contributed by atoms with E-state index in [1.54, 1.807) is 12.1 Å². The highest BCUT2D eigenvalue weighted by Gasteiger charge is 2.21. The molecule has 0 saturated heterocycles. The van der Waals surface area contributed by atoms with Crippen molar-refractivity contribution >= 4 is 34.6 Å². The predicted octanol–water partition coefficient (Wildman–Crippen LogP) is 3.82. The third-order valence-electron chi connectivity index (χ3n) is 3.76. The molecule has 3 heterocycles. The molecule has 1 aliphatic heterocycles. The zero-order valence-electron chi connectivity index (χ0n) is 11.5. The van der Waals surface area contributed by atoms with E-state index < -0.39 is 0 Å². The standard InChI is InChI=1S/C15H12ClFN4S/c16-10-1-2-14(13(17)5-10)22-21-4-3-11-9(8-21)6-18-15-12(11)7-19-20-15/h1-2,5-7H,3-4,8H2,(H,18,19,20). The van der Waals surface area contributed by atoms with Crippen LogP contribution in [0, 0.1) is 5.82 Å². The van der Waals surface area contributed by atoms with Crippen LogP contribution in [0.5, 0.6) is 0 Å². The number of H-pyrrole nitrogens is 1. The van der Waals surface area contributed by atoms with E-state index in [2.05, 4.69) is 19.5 Å². The number of hydrogen-bond acceptors (Lipinski definition) is 4. The summed E-state index contributed by atoms with van der Waals surface area (Å²) in [6.07, 6.45) is 4.60. The van der Waals surface area contributed by atoms with E-state index in [4.69, 9.17) is 11.6 Å². The lowest BCUT2D eigenvalue weighted by molar-refractivity contribution is 0.443. The van der Waals surface area contributed by atoms with Crippen LogP contribution in [-0.2, 0) is 13.0 Å². The van der Waals surface area contributed by atoms with Crippen molar-refractivity contribution in [2.75, 3.05) is 6.54 Å². The van der Waals surface area contributed by atoms with Gasteiger partial charge in [0.2, 0.25) is 0 Å². The Morgan fingerprint density at radius 2 is 2.23 bits per heavy atom. The van der Waals surface area contributed by atoms with Gasteiger partial charge in [-0.15, -0.1) is 0 Å². The highest BCUT2D eigenvalue weighted by atomic mass is 35.5. The van der Waals surface area contributed by atoms with E-state index in [0.717, 1.165) is 30.5 Å². The van der Waals surface area contributed by atoms with Crippen molar-refractivity contribution in [3.05, 3.63) is 52.6 Å². The van der Waals surface area contributed by atoms with Crippen LogP contribution in [0.4, 0.5) is 4.39 Å². The topological polar surface area (TPSA) is 44.8 Å². The van der Waals surface area contributed by atoms with Gasteiger partial charge in [0.15, 0.2) is 5.65 Å². The second-order valence-electron chi connectivity index (χ2n) is 5.17. The molecule has 0 bridgehead atoms. The summed E-state index contributed by atoms with van der Waals surface area (Å²) in [6, 6.07) is 4.77. The molecule has 0 atom stereocenters. The van der Waals surface area contributed by atoms with Gasteiger partial charge in [-0.05, 0) is 47.7 Å². The minimum atomic E-state index is -0.285. The van der Waals surface area contributed by atoms with Crippen LogP contribution in [0.1, 0.15) is 11.1 Å². The average molecular weight is 335 g/mol. The van der Waals surface area contributed by atoms with Crippen molar-refractivity contribution in [2.24, 2.45) is 0 Å². The Bertz CT molecular complexity index is 851. The maximum atomic E-state index is 13.9. The Kier molecular flexibility index (Phi) is 3.52. The number of aromatic nitrogens is 3. The summed E-state index contributed by atoms with van der Waals surface area (Å²) in [5.41, 5.74) is 3.28. The first kappa shape index (κ1) is 14.0. The molecule has 7 heteroatoms. The van der Waals surface area contributed by atoms with Gasteiger partial charge in [0.25, 0.3) is 0 Å². The van der Waals surface area contributed by atoms with Gasteiger partial charge in [0.05, 0.1) is 11.1 Å². The molecule has 0 fully saturated rings. The maximum Gasteiger partial charge on any atom is 0.155 e. The van der Waals surface area contributed by atoms with Crippen molar-refractivity contribution in [1.82, 2.24) is 19.5 Å². The third-order valence-corrected chi connectivity index (χ3v) is 5.09. The number of halogens is 2. The zero-order chi connectivity index (χ0) is 15.1. The Labute approximate surface area is 135 Å². The molecule has 22 heavy (non-hydrogen) atoms. The molecule has 1 aromatic carbocycles. The fraction of sp³-hybridized carbons (Fsp3) is 0.200. The smallest absolute Gasteiger partial charge is 0.155 e. The summed E-state index contributed by atoms with van der Waals surface area (Å²) >= 11 is 7.21. The Balaban J connectivity index is 1.59. The summed E-state index contributed by atoms with van der Waals surface area (Å²) in [5.74, 6) is -0.285. The van der Waals surface area contributed by atoms with Crippen molar-refractivity contribution in [2.45, 2.75) is 17.9 Å². The lowest BCUT2D eigenvalue weighted by atomic mass is 10.0. The third kappa shape index (κ3) is 2.47. The SMILES string of the molecule is Fc1cc(Cl)ccc1SN1CCc2c(cnc3[nH]ncc23)C1. The number of hydrogen-bond donors (Lipinski definition) is 1. The number of aromatic amines is 1. The van der Waals surface area contributed by atoms with E-state index in [9.17, 15) is 4.39 Å². The second-order valence-corrected chi connectivity index (χ2v) is 6.75. The molecule has 0 spiro atoms. The largest absolute Gasteiger partial charge is 0.261 e. The van der Waals surface area contributed by atoms with Crippen molar-refractivity contribution in [1.29, 1.82) is 0 Å². The fourth-order valence-corrected chi connectivity index (χ4v) is 3.79. The van der Waals surface area contributed by atoms with Gasteiger partial charge < -0.3 is 0 Å². The van der Waals surface area contributed by atoms with Gasteiger partial charge in [-0.2, -0.15) is 5.10 Å². The Hall–Kier alpha value is -1.63. The van der Waals surface area contributed by atoms with Crippen molar-refractivity contribution < 1.29 is 4.39 Å². The molecule has 4 rings (SSSR count). The average Bonchev–Trinajstić information content (AvgIpc) is 2.99. The monoisotopic (exact) mass is 334 g/mol. The number of fused-ring (bicyclic) bond motifs is 3. The molecule has 0 amide bonds. The van der Waals surface area contributed by atoms with Crippen molar-refractivity contribution in [3.63, 3.8) is 0 Å². The van der Waals surface area contributed by atoms with Crippen LogP contribution in [0.3, 0.4) is 0 Å². The summed E-state index contributed by atoms with van der Waals surface area (Å²) in [4.78, 5) is 4.97. The highest BCUT2D eigenvalue weighted by molar-refractivity contribution is 7.97. The van der Waals surface area contributed by atoms with E-state index >= 15 is 0 Å². The fourth-order valence-electron chi connectivity index (χ4n) is 2.70. The molecular formula is C15H12ClFN4S. The first-order valence-corrected chi connectivity index (χ1v) is 8.03. The van der Waals surface area contributed by atoms with Crippen LogP contribution in [-0.4, -0.2) is 26.0 Å². The molecule has 2 aromatic heterocycles. The van der Waals surface area contributed by atoms with Crippen LogP contribution in [0.15, 0.2) is 35.5 Å². The number of pyridine rings is 1. The molecule has 1 aliphatic rings. The molecular weight excluding hydrogens is 323 g/mol. The van der Waals surface area contributed by atoms with Gasteiger partial charge in [0, 0.05) is 29.7 Å².